The largest absolute Gasteiger partial charge is 0.393 e. The Morgan fingerprint density at radius 1 is 1.42 bits per heavy atom. The molecule has 0 bridgehead atoms. The predicted molar refractivity (Wildman–Crippen MR) is 94.0 cm³/mol. The first-order valence-electron chi connectivity index (χ1n) is 8.13. The van der Waals surface area contributed by atoms with Crippen molar-refractivity contribution in [2.75, 3.05) is 12.3 Å². The number of nitrogen functional groups attached to an aromatic ring is 1. The highest BCUT2D eigenvalue weighted by atomic mass is 32.1. The molecule has 0 saturated heterocycles. The Hall–Kier alpha value is -2.19. The number of amides is 1. The Bertz CT molecular complexity index is 903. The van der Waals surface area contributed by atoms with Crippen molar-refractivity contribution in [3.8, 4) is 0 Å². The van der Waals surface area contributed by atoms with Crippen LogP contribution in [0.3, 0.4) is 0 Å². The number of anilines is 1. The molecule has 7 nitrogen and oxygen atoms in total. The van der Waals surface area contributed by atoms with Crippen LogP contribution in [-0.4, -0.2) is 38.8 Å². The Morgan fingerprint density at radius 3 is 3.08 bits per heavy atom. The van der Waals surface area contributed by atoms with Crippen LogP contribution in [-0.2, 0) is 0 Å². The van der Waals surface area contributed by atoms with E-state index in [9.17, 15) is 9.90 Å². The van der Waals surface area contributed by atoms with E-state index in [1.807, 2.05) is 12.1 Å². The van der Waals surface area contributed by atoms with Gasteiger partial charge in [0, 0.05) is 12.5 Å². The van der Waals surface area contributed by atoms with E-state index in [1.165, 1.54) is 11.3 Å². The van der Waals surface area contributed by atoms with E-state index in [2.05, 4.69) is 20.5 Å². The predicted octanol–water partition coefficient (Wildman–Crippen LogP) is 2.04. The van der Waals surface area contributed by atoms with Crippen LogP contribution in [0.1, 0.15) is 36.2 Å². The van der Waals surface area contributed by atoms with Crippen molar-refractivity contribution < 1.29 is 9.90 Å². The minimum Gasteiger partial charge on any atom is -0.393 e. The lowest BCUT2D eigenvalue weighted by Crippen LogP contribution is -2.36. The third-order valence-electron chi connectivity index (χ3n) is 4.71. The van der Waals surface area contributed by atoms with Crippen molar-refractivity contribution in [2.24, 2.45) is 5.92 Å². The summed E-state index contributed by atoms with van der Waals surface area (Å²) in [7, 11) is 0. The van der Waals surface area contributed by atoms with Gasteiger partial charge in [-0.05, 0) is 25.0 Å². The zero-order valence-corrected chi connectivity index (χ0v) is 13.9. The molecule has 1 aliphatic rings. The monoisotopic (exact) mass is 345 g/mol. The summed E-state index contributed by atoms with van der Waals surface area (Å²) in [6, 6.07) is 3.72. The van der Waals surface area contributed by atoms with E-state index in [1.54, 1.807) is 0 Å². The molecule has 126 valence electrons. The van der Waals surface area contributed by atoms with Gasteiger partial charge in [0.05, 0.1) is 27.2 Å². The van der Waals surface area contributed by atoms with Gasteiger partial charge in [0.25, 0.3) is 5.91 Å². The molecule has 1 fully saturated rings. The van der Waals surface area contributed by atoms with Crippen molar-refractivity contribution in [1.82, 2.24) is 20.5 Å². The van der Waals surface area contributed by atoms with Crippen LogP contribution in [0.4, 0.5) is 5.13 Å². The fraction of sp³-hybridized carbons (Fsp3) is 0.438. The lowest BCUT2D eigenvalue weighted by molar-refractivity contribution is 0.0662. The van der Waals surface area contributed by atoms with E-state index in [0.717, 1.165) is 46.8 Å². The minimum atomic E-state index is -0.331. The normalized spacial score (nSPS) is 21.4. The van der Waals surface area contributed by atoms with Crippen molar-refractivity contribution >= 4 is 43.5 Å². The van der Waals surface area contributed by atoms with Crippen LogP contribution in [0.5, 0.6) is 0 Å². The third-order valence-corrected chi connectivity index (χ3v) is 5.63. The Kier molecular flexibility index (Phi) is 3.85. The number of rotatable bonds is 3. The number of carbonyl (C=O) groups excluding carboxylic acids is 1. The SMILES string of the molecule is Nc1nc2ccc3[nH]nc(C(=O)NCC4CCCCC4O)c3c2s1. The number of benzene rings is 1. The lowest BCUT2D eigenvalue weighted by atomic mass is 9.86. The van der Waals surface area contributed by atoms with Crippen molar-refractivity contribution in [2.45, 2.75) is 31.8 Å². The van der Waals surface area contributed by atoms with Crippen LogP contribution in [0.25, 0.3) is 21.1 Å². The van der Waals surface area contributed by atoms with E-state index >= 15 is 0 Å². The number of nitrogens with zero attached hydrogens (tertiary/aromatic N) is 2. The maximum Gasteiger partial charge on any atom is 0.272 e. The van der Waals surface area contributed by atoms with E-state index < -0.39 is 0 Å². The van der Waals surface area contributed by atoms with Crippen LogP contribution in [0.15, 0.2) is 12.1 Å². The maximum atomic E-state index is 12.6. The van der Waals surface area contributed by atoms with Gasteiger partial charge in [-0.1, -0.05) is 24.2 Å². The van der Waals surface area contributed by atoms with E-state index in [0.29, 0.717) is 17.4 Å². The first-order chi connectivity index (χ1) is 11.6. The summed E-state index contributed by atoms with van der Waals surface area (Å²) in [5.41, 5.74) is 7.70. The molecule has 1 aromatic carbocycles. The first kappa shape index (κ1) is 15.3. The summed E-state index contributed by atoms with van der Waals surface area (Å²) in [6.45, 7) is 0.467. The number of thiazole rings is 1. The van der Waals surface area contributed by atoms with Crippen LogP contribution in [0, 0.1) is 5.92 Å². The van der Waals surface area contributed by atoms with Crippen molar-refractivity contribution in [3.63, 3.8) is 0 Å². The molecule has 2 aromatic heterocycles. The number of aromatic nitrogens is 3. The number of nitrogens with one attached hydrogen (secondary N) is 2. The number of aliphatic hydroxyl groups is 1. The van der Waals surface area contributed by atoms with Gasteiger partial charge in [-0.25, -0.2) is 4.98 Å². The van der Waals surface area contributed by atoms with E-state index in [-0.39, 0.29) is 17.9 Å². The van der Waals surface area contributed by atoms with E-state index in [4.69, 9.17) is 5.73 Å². The summed E-state index contributed by atoms with van der Waals surface area (Å²) in [5.74, 6) is -0.120. The third kappa shape index (κ3) is 2.61. The number of aliphatic hydroxyl groups excluding tert-OH is 1. The molecular formula is C16H19N5O2S. The van der Waals surface area contributed by atoms with Gasteiger partial charge < -0.3 is 16.2 Å². The van der Waals surface area contributed by atoms with Crippen LogP contribution >= 0.6 is 11.3 Å². The molecule has 0 radical (unpaired) electrons. The molecule has 2 unspecified atom stereocenters. The highest BCUT2D eigenvalue weighted by Gasteiger charge is 2.25. The zero-order chi connectivity index (χ0) is 16.7. The smallest absolute Gasteiger partial charge is 0.272 e. The number of aromatic amines is 1. The average Bonchev–Trinajstić information content (AvgIpc) is 3.15. The molecule has 1 saturated carbocycles. The van der Waals surface area contributed by atoms with Gasteiger partial charge >= 0.3 is 0 Å². The molecule has 2 heterocycles. The number of hydrogen-bond donors (Lipinski definition) is 4. The molecule has 5 N–H and O–H groups in total. The highest BCUT2D eigenvalue weighted by Crippen LogP contribution is 2.32. The number of hydrogen-bond acceptors (Lipinski definition) is 6. The van der Waals surface area contributed by atoms with Crippen molar-refractivity contribution in [1.29, 1.82) is 0 Å². The lowest BCUT2D eigenvalue weighted by Gasteiger charge is -2.27. The summed E-state index contributed by atoms with van der Waals surface area (Å²) >= 11 is 1.35. The number of nitrogens with two attached hydrogens (primary N) is 1. The highest BCUT2D eigenvalue weighted by molar-refractivity contribution is 7.23. The molecule has 24 heavy (non-hydrogen) atoms. The number of fused-ring (bicyclic) bond motifs is 3. The fourth-order valence-electron chi connectivity index (χ4n) is 3.41. The zero-order valence-electron chi connectivity index (χ0n) is 13.1. The van der Waals surface area contributed by atoms with Gasteiger partial charge in [-0.2, -0.15) is 5.10 Å². The van der Waals surface area contributed by atoms with Crippen LogP contribution in [0.2, 0.25) is 0 Å². The maximum absolute atomic E-state index is 12.6. The molecular weight excluding hydrogens is 326 g/mol. The van der Waals surface area contributed by atoms with Crippen LogP contribution < -0.4 is 11.1 Å². The Balaban J connectivity index is 1.61. The van der Waals surface area contributed by atoms with Gasteiger partial charge in [0.1, 0.15) is 0 Å². The van der Waals surface area contributed by atoms with Gasteiger partial charge in [-0.3, -0.25) is 9.89 Å². The Labute approximate surface area is 142 Å². The second-order valence-corrected chi connectivity index (χ2v) is 7.31. The minimum absolute atomic E-state index is 0.118. The van der Waals surface area contributed by atoms with Gasteiger partial charge in [-0.15, -0.1) is 0 Å². The first-order valence-corrected chi connectivity index (χ1v) is 8.94. The topological polar surface area (TPSA) is 117 Å². The summed E-state index contributed by atoms with van der Waals surface area (Å²) < 4.78 is 0.863. The summed E-state index contributed by atoms with van der Waals surface area (Å²) in [5, 5.41) is 21.2. The molecule has 8 heteroatoms. The quantitative estimate of drug-likeness (QED) is 0.579. The Morgan fingerprint density at radius 2 is 2.25 bits per heavy atom. The number of carbonyl (C=O) groups is 1. The molecule has 4 rings (SSSR count). The fourth-order valence-corrected chi connectivity index (χ4v) is 4.29. The van der Waals surface area contributed by atoms with Gasteiger partial charge in [0.15, 0.2) is 10.8 Å². The second kappa shape index (κ2) is 6.03. The molecule has 0 spiro atoms. The standard InChI is InChI=1S/C16H19N5O2S/c17-16-19-10-6-5-9-12(14(10)24-16)13(21-20-9)15(23)18-7-8-3-1-2-4-11(8)22/h5-6,8,11,22H,1-4,7H2,(H2,17,19)(H,18,23)(H,20,21). The summed E-state index contributed by atoms with van der Waals surface area (Å²) in [4.78, 5) is 16.9. The molecule has 1 amide bonds. The average molecular weight is 345 g/mol. The van der Waals surface area contributed by atoms with Crippen molar-refractivity contribution in [3.05, 3.63) is 17.8 Å². The molecule has 3 aromatic rings. The number of H-pyrrole nitrogens is 1. The van der Waals surface area contributed by atoms with Gasteiger partial charge in [0.2, 0.25) is 0 Å². The molecule has 1 aliphatic carbocycles. The second-order valence-electron chi connectivity index (χ2n) is 6.28. The molecule has 2 atom stereocenters. The summed E-state index contributed by atoms with van der Waals surface area (Å²) in [6.07, 6.45) is 3.58. The molecule has 0 aliphatic heterocycles.